The Kier molecular flexibility index (Phi) is 5.33. The van der Waals surface area contributed by atoms with Gasteiger partial charge in [0.1, 0.15) is 17.2 Å². The average molecular weight is 391 g/mol. The second-order valence-corrected chi connectivity index (χ2v) is 7.65. The number of carbonyl (C=O) groups is 1. The summed E-state index contributed by atoms with van der Waals surface area (Å²) < 4.78 is 2.01. The number of aromatic nitrogens is 6. The van der Waals surface area contributed by atoms with Crippen LogP contribution in [0.5, 0.6) is 0 Å². The molecule has 1 aliphatic heterocycles. The molecule has 0 spiro atoms. The molecule has 8 heteroatoms. The maximum absolute atomic E-state index is 12.8. The topological polar surface area (TPSA) is 89.7 Å². The van der Waals surface area contributed by atoms with E-state index in [0.717, 1.165) is 54.4 Å². The van der Waals surface area contributed by atoms with Gasteiger partial charge in [0, 0.05) is 32.5 Å². The minimum absolute atomic E-state index is 0.0487. The largest absolute Gasteiger partial charge is 0.337 e. The van der Waals surface area contributed by atoms with Gasteiger partial charge in [-0.3, -0.25) is 14.8 Å². The molecule has 1 amide bonds. The molecule has 1 aliphatic rings. The molecule has 0 saturated carbocycles. The molecule has 3 aromatic heterocycles. The summed E-state index contributed by atoms with van der Waals surface area (Å²) >= 11 is 0. The molecule has 0 bridgehead atoms. The van der Waals surface area contributed by atoms with Crippen LogP contribution in [0.1, 0.15) is 40.5 Å². The van der Waals surface area contributed by atoms with Crippen molar-refractivity contribution < 1.29 is 4.79 Å². The summed E-state index contributed by atoms with van der Waals surface area (Å²) in [6, 6.07) is 0. The van der Waals surface area contributed by atoms with Gasteiger partial charge in [-0.05, 0) is 39.0 Å². The van der Waals surface area contributed by atoms with Crippen LogP contribution in [0, 0.1) is 19.8 Å². The minimum atomic E-state index is -0.0487. The Morgan fingerprint density at radius 3 is 2.69 bits per heavy atom. The van der Waals surface area contributed by atoms with E-state index in [1.165, 1.54) is 0 Å². The van der Waals surface area contributed by atoms with Gasteiger partial charge in [-0.15, -0.1) is 0 Å². The van der Waals surface area contributed by atoms with Crippen LogP contribution in [0.15, 0.2) is 31.0 Å². The molecule has 29 heavy (non-hydrogen) atoms. The van der Waals surface area contributed by atoms with Gasteiger partial charge in [-0.25, -0.2) is 15.0 Å². The zero-order chi connectivity index (χ0) is 20.4. The fourth-order valence-corrected chi connectivity index (χ4v) is 3.75. The number of aryl methyl sites for hydroxylation is 2. The molecular formula is C21H25N7O. The smallest absolute Gasteiger partial charge is 0.274 e. The Hall–Kier alpha value is -3.16. The van der Waals surface area contributed by atoms with Crippen molar-refractivity contribution in [1.82, 2.24) is 34.4 Å². The number of imidazole rings is 1. The van der Waals surface area contributed by atoms with Crippen LogP contribution in [0.4, 0.5) is 0 Å². The van der Waals surface area contributed by atoms with Crippen LogP contribution in [0.2, 0.25) is 0 Å². The van der Waals surface area contributed by atoms with Crippen molar-refractivity contribution in [3.8, 4) is 11.4 Å². The second-order valence-electron chi connectivity index (χ2n) is 7.65. The summed E-state index contributed by atoms with van der Waals surface area (Å²) in [5.41, 5.74) is 3.93. The van der Waals surface area contributed by atoms with Crippen LogP contribution in [-0.4, -0.2) is 53.4 Å². The highest BCUT2D eigenvalue weighted by Gasteiger charge is 2.26. The van der Waals surface area contributed by atoms with E-state index in [9.17, 15) is 4.79 Å². The molecule has 8 nitrogen and oxygen atoms in total. The number of rotatable bonds is 4. The highest BCUT2D eigenvalue weighted by molar-refractivity contribution is 5.92. The van der Waals surface area contributed by atoms with E-state index >= 15 is 0 Å². The fourth-order valence-electron chi connectivity index (χ4n) is 3.75. The first-order chi connectivity index (χ1) is 14.0. The van der Waals surface area contributed by atoms with Crippen molar-refractivity contribution in [3.05, 3.63) is 53.9 Å². The van der Waals surface area contributed by atoms with Crippen LogP contribution >= 0.6 is 0 Å². The number of carbonyl (C=O) groups excluding carboxylic acids is 1. The lowest BCUT2D eigenvalue weighted by atomic mass is 9.93. The fraction of sp³-hybridized carbons (Fsp3) is 0.429. The van der Waals surface area contributed by atoms with Crippen molar-refractivity contribution in [3.63, 3.8) is 0 Å². The lowest BCUT2D eigenvalue weighted by molar-refractivity contribution is 0.0666. The highest BCUT2D eigenvalue weighted by Crippen LogP contribution is 2.23. The Balaban J connectivity index is 1.46. The lowest BCUT2D eigenvalue weighted by Crippen LogP contribution is -2.41. The van der Waals surface area contributed by atoms with Gasteiger partial charge in [0.2, 0.25) is 0 Å². The van der Waals surface area contributed by atoms with E-state index in [1.54, 1.807) is 18.6 Å². The summed E-state index contributed by atoms with van der Waals surface area (Å²) in [5.74, 6) is 1.24. The molecular weight excluding hydrogens is 366 g/mol. The molecule has 1 atom stereocenters. The number of hydrogen-bond acceptors (Lipinski definition) is 6. The van der Waals surface area contributed by atoms with E-state index in [-0.39, 0.29) is 5.91 Å². The second kappa shape index (κ2) is 8.06. The Labute approximate surface area is 170 Å². The summed E-state index contributed by atoms with van der Waals surface area (Å²) in [5, 5.41) is 0. The first kappa shape index (κ1) is 19.2. The van der Waals surface area contributed by atoms with E-state index in [0.29, 0.717) is 18.2 Å². The van der Waals surface area contributed by atoms with Crippen LogP contribution in [0.3, 0.4) is 0 Å². The number of amides is 1. The Bertz CT molecular complexity index is 1010. The molecule has 0 N–H and O–H groups in total. The predicted molar refractivity (Wildman–Crippen MR) is 108 cm³/mol. The van der Waals surface area contributed by atoms with Gasteiger partial charge < -0.3 is 9.47 Å². The van der Waals surface area contributed by atoms with Gasteiger partial charge in [-0.2, -0.15) is 0 Å². The molecule has 1 fully saturated rings. The Morgan fingerprint density at radius 1 is 1.10 bits per heavy atom. The molecule has 150 valence electrons. The Morgan fingerprint density at radius 2 is 1.97 bits per heavy atom. The van der Waals surface area contributed by atoms with Gasteiger partial charge in [0.05, 0.1) is 35.7 Å². The molecule has 4 heterocycles. The van der Waals surface area contributed by atoms with Crippen LogP contribution in [-0.2, 0) is 13.5 Å². The maximum Gasteiger partial charge on any atom is 0.274 e. The van der Waals surface area contributed by atoms with Gasteiger partial charge in [0.25, 0.3) is 5.91 Å². The monoisotopic (exact) mass is 391 g/mol. The van der Waals surface area contributed by atoms with Crippen LogP contribution < -0.4 is 0 Å². The van der Waals surface area contributed by atoms with Gasteiger partial charge in [0.15, 0.2) is 0 Å². The molecule has 4 rings (SSSR count). The maximum atomic E-state index is 12.8. The third-order valence-corrected chi connectivity index (χ3v) is 5.47. The number of hydrogen-bond donors (Lipinski definition) is 0. The van der Waals surface area contributed by atoms with E-state index in [1.807, 2.05) is 42.8 Å². The van der Waals surface area contributed by atoms with Crippen molar-refractivity contribution in [2.24, 2.45) is 13.0 Å². The summed E-state index contributed by atoms with van der Waals surface area (Å²) in [7, 11) is 1.98. The SMILES string of the molecule is Cc1cnc(C(=O)N2CCCC(Cc3cncc(-c4cnc(C)n4C)n3)C2)cn1. The summed E-state index contributed by atoms with van der Waals surface area (Å²) in [6.07, 6.45) is 11.4. The average Bonchev–Trinajstić information content (AvgIpc) is 3.07. The van der Waals surface area contributed by atoms with Crippen molar-refractivity contribution in [2.45, 2.75) is 33.1 Å². The quantitative estimate of drug-likeness (QED) is 0.678. The standard InChI is InChI=1S/C21H25N7O/c1-14-8-25-19(11-23-14)21(29)28-6-4-5-16(13-28)7-17-9-22-10-18(26-17)20-12-24-15(2)27(20)3/h8-12,16H,4-7,13H2,1-3H3. The lowest BCUT2D eigenvalue weighted by Gasteiger charge is -2.32. The molecule has 1 saturated heterocycles. The van der Waals surface area contributed by atoms with E-state index in [2.05, 4.69) is 19.9 Å². The highest BCUT2D eigenvalue weighted by atomic mass is 16.2. The molecule has 0 radical (unpaired) electrons. The predicted octanol–water partition coefficient (Wildman–Crippen LogP) is 2.38. The van der Waals surface area contributed by atoms with Gasteiger partial charge >= 0.3 is 0 Å². The van der Waals surface area contributed by atoms with E-state index in [4.69, 9.17) is 4.98 Å². The summed E-state index contributed by atoms with van der Waals surface area (Å²) in [6.45, 7) is 5.28. The number of piperidine rings is 1. The van der Waals surface area contributed by atoms with Gasteiger partial charge in [-0.1, -0.05) is 0 Å². The van der Waals surface area contributed by atoms with Crippen LogP contribution in [0.25, 0.3) is 11.4 Å². The normalized spacial score (nSPS) is 16.8. The zero-order valence-electron chi connectivity index (χ0n) is 17.0. The van der Waals surface area contributed by atoms with E-state index < -0.39 is 0 Å². The first-order valence-corrected chi connectivity index (χ1v) is 9.89. The first-order valence-electron chi connectivity index (χ1n) is 9.89. The minimum Gasteiger partial charge on any atom is -0.337 e. The molecule has 0 aliphatic carbocycles. The zero-order valence-corrected chi connectivity index (χ0v) is 17.0. The third kappa shape index (κ3) is 4.16. The third-order valence-electron chi connectivity index (χ3n) is 5.47. The van der Waals surface area contributed by atoms with Crippen molar-refractivity contribution in [2.75, 3.05) is 13.1 Å². The number of likely N-dealkylation sites (tertiary alicyclic amines) is 1. The molecule has 1 unspecified atom stereocenters. The summed E-state index contributed by atoms with van der Waals surface area (Å²) in [4.78, 5) is 36.6. The molecule has 0 aromatic carbocycles. The molecule has 3 aromatic rings. The van der Waals surface area contributed by atoms with Crippen molar-refractivity contribution in [1.29, 1.82) is 0 Å². The number of nitrogens with zero attached hydrogens (tertiary/aromatic N) is 7. The van der Waals surface area contributed by atoms with Crippen molar-refractivity contribution >= 4 is 5.91 Å².